The van der Waals surface area contributed by atoms with Crippen LogP contribution in [0.5, 0.6) is 11.8 Å². The van der Waals surface area contributed by atoms with E-state index in [1.54, 1.807) is 0 Å². The number of rotatable bonds is 4. The van der Waals surface area contributed by atoms with E-state index in [1.807, 2.05) is 0 Å². The molecule has 0 bridgehead atoms. The van der Waals surface area contributed by atoms with Gasteiger partial charge in [0.05, 0.1) is 14.2 Å². The number of nitrogens with zero attached hydrogens (tertiary/aromatic N) is 1. The molecule has 0 aromatic carbocycles. The SMILES string of the molecule is COC(=O)c1c(CF)cc(OC(F)(F)F)nc1OC. The molecule has 1 aromatic rings. The first-order valence-electron chi connectivity index (χ1n) is 4.80. The molecule has 0 unspecified atom stereocenters. The number of hydrogen-bond acceptors (Lipinski definition) is 5. The van der Waals surface area contributed by atoms with Crippen molar-refractivity contribution in [3.8, 4) is 11.8 Å². The maximum Gasteiger partial charge on any atom is 0.574 e. The van der Waals surface area contributed by atoms with E-state index in [1.165, 1.54) is 0 Å². The number of ether oxygens (including phenoxy) is 3. The Kier molecular flexibility index (Phi) is 4.52. The zero-order chi connectivity index (χ0) is 14.6. The lowest BCUT2D eigenvalue weighted by atomic mass is 10.1. The third-order valence-corrected chi connectivity index (χ3v) is 1.99. The van der Waals surface area contributed by atoms with Gasteiger partial charge in [0, 0.05) is 11.6 Å². The molecule has 5 nitrogen and oxygen atoms in total. The first kappa shape index (κ1) is 15.0. The average molecular weight is 283 g/mol. The number of hydrogen-bond donors (Lipinski definition) is 0. The van der Waals surface area contributed by atoms with Gasteiger partial charge in [0.15, 0.2) is 0 Å². The first-order valence-corrected chi connectivity index (χ1v) is 4.80. The van der Waals surface area contributed by atoms with Crippen molar-refractivity contribution >= 4 is 5.97 Å². The van der Waals surface area contributed by atoms with Crippen LogP contribution in [-0.4, -0.2) is 31.5 Å². The highest BCUT2D eigenvalue weighted by Crippen LogP contribution is 2.29. The summed E-state index contributed by atoms with van der Waals surface area (Å²) < 4.78 is 61.5. The molecule has 19 heavy (non-hydrogen) atoms. The van der Waals surface area contributed by atoms with Crippen LogP contribution < -0.4 is 9.47 Å². The monoisotopic (exact) mass is 283 g/mol. The Labute approximate surface area is 105 Å². The summed E-state index contributed by atoms with van der Waals surface area (Å²) >= 11 is 0. The van der Waals surface area contributed by atoms with E-state index in [9.17, 15) is 22.4 Å². The van der Waals surface area contributed by atoms with Crippen LogP contribution in [0.2, 0.25) is 0 Å². The topological polar surface area (TPSA) is 57.7 Å². The third kappa shape index (κ3) is 3.70. The zero-order valence-electron chi connectivity index (χ0n) is 9.88. The van der Waals surface area contributed by atoms with Gasteiger partial charge in [0.2, 0.25) is 11.8 Å². The number of aromatic nitrogens is 1. The molecule has 1 aromatic heterocycles. The number of carbonyl (C=O) groups excluding carboxylic acids is 1. The molecule has 0 amide bonds. The highest BCUT2D eigenvalue weighted by molar-refractivity contribution is 5.93. The van der Waals surface area contributed by atoms with Crippen molar-refractivity contribution in [2.24, 2.45) is 0 Å². The molecule has 0 aliphatic rings. The predicted octanol–water partition coefficient (Wildman–Crippen LogP) is 2.24. The molecule has 1 rings (SSSR count). The van der Waals surface area contributed by atoms with Crippen LogP contribution in [0.3, 0.4) is 0 Å². The van der Waals surface area contributed by atoms with Crippen molar-refractivity contribution in [3.05, 3.63) is 17.2 Å². The minimum Gasteiger partial charge on any atom is -0.480 e. The van der Waals surface area contributed by atoms with Crippen molar-refractivity contribution in [1.82, 2.24) is 4.98 Å². The summed E-state index contributed by atoms with van der Waals surface area (Å²) in [6.45, 7) is -1.21. The largest absolute Gasteiger partial charge is 0.574 e. The van der Waals surface area contributed by atoms with Gasteiger partial charge in [0.1, 0.15) is 12.2 Å². The minimum atomic E-state index is -4.99. The Hall–Kier alpha value is -2.06. The Morgan fingerprint density at radius 1 is 1.37 bits per heavy atom. The third-order valence-electron chi connectivity index (χ3n) is 1.99. The fourth-order valence-corrected chi connectivity index (χ4v) is 1.29. The molecule has 0 spiro atoms. The van der Waals surface area contributed by atoms with E-state index in [-0.39, 0.29) is 11.1 Å². The van der Waals surface area contributed by atoms with Gasteiger partial charge in [-0.15, -0.1) is 13.2 Å². The lowest BCUT2D eigenvalue weighted by Crippen LogP contribution is -2.19. The van der Waals surface area contributed by atoms with Gasteiger partial charge >= 0.3 is 12.3 Å². The summed E-state index contributed by atoms with van der Waals surface area (Å²) in [5, 5.41) is 0. The van der Waals surface area contributed by atoms with Crippen LogP contribution >= 0.6 is 0 Å². The second-order valence-corrected chi connectivity index (χ2v) is 3.18. The van der Waals surface area contributed by atoms with Crippen molar-refractivity contribution in [1.29, 1.82) is 0 Å². The second kappa shape index (κ2) is 5.72. The van der Waals surface area contributed by atoms with Gasteiger partial charge in [-0.25, -0.2) is 9.18 Å². The molecule has 0 atom stereocenters. The second-order valence-electron chi connectivity index (χ2n) is 3.18. The van der Waals surface area contributed by atoms with Crippen molar-refractivity contribution in [2.45, 2.75) is 13.0 Å². The van der Waals surface area contributed by atoms with E-state index >= 15 is 0 Å². The molecule has 0 saturated heterocycles. The summed E-state index contributed by atoms with van der Waals surface area (Å²) in [7, 11) is 2.10. The Morgan fingerprint density at radius 2 is 2.00 bits per heavy atom. The van der Waals surface area contributed by atoms with Crippen LogP contribution in [0, 0.1) is 0 Å². The smallest absolute Gasteiger partial charge is 0.480 e. The van der Waals surface area contributed by atoms with E-state index in [0.717, 1.165) is 14.2 Å². The van der Waals surface area contributed by atoms with Crippen LogP contribution in [0.1, 0.15) is 15.9 Å². The number of carbonyl (C=O) groups is 1. The quantitative estimate of drug-likeness (QED) is 0.626. The van der Waals surface area contributed by atoms with E-state index in [0.29, 0.717) is 6.07 Å². The zero-order valence-corrected chi connectivity index (χ0v) is 9.88. The van der Waals surface area contributed by atoms with E-state index in [2.05, 4.69) is 19.2 Å². The highest BCUT2D eigenvalue weighted by Gasteiger charge is 2.33. The summed E-state index contributed by atoms with van der Waals surface area (Å²) in [6.07, 6.45) is -4.99. The molecule has 9 heteroatoms. The molecule has 0 N–H and O–H groups in total. The Bertz CT molecular complexity index is 450. The van der Waals surface area contributed by atoms with Gasteiger partial charge in [-0.1, -0.05) is 0 Å². The number of esters is 1. The fraction of sp³-hybridized carbons (Fsp3) is 0.400. The molecule has 0 fully saturated rings. The molecule has 0 aliphatic carbocycles. The van der Waals surface area contributed by atoms with Crippen LogP contribution in [0.15, 0.2) is 6.07 Å². The molecule has 0 radical (unpaired) electrons. The van der Waals surface area contributed by atoms with Crippen LogP contribution in [-0.2, 0) is 11.4 Å². The molecule has 106 valence electrons. The van der Waals surface area contributed by atoms with Gasteiger partial charge in [-0.3, -0.25) is 0 Å². The standard InChI is InChI=1S/C10H9F4NO4/c1-17-8-7(9(16)18-2)5(4-11)3-6(15-8)19-10(12,13)14/h3H,4H2,1-2H3. The summed E-state index contributed by atoms with van der Waals surface area (Å²) in [6, 6.07) is 0.655. The molecular weight excluding hydrogens is 274 g/mol. The number of halogens is 4. The van der Waals surface area contributed by atoms with E-state index < -0.39 is 30.8 Å². The highest BCUT2D eigenvalue weighted by atomic mass is 19.4. The summed E-state index contributed by atoms with van der Waals surface area (Å²) in [5.41, 5.74) is -0.764. The molecule has 1 heterocycles. The van der Waals surface area contributed by atoms with Crippen molar-refractivity contribution < 1.29 is 36.6 Å². The Balaban J connectivity index is 3.32. The minimum absolute atomic E-state index is 0.377. The first-order chi connectivity index (χ1) is 8.82. The molecule has 0 saturated carbocycles. The normalized spacial score (nSPS) is 11.1. The molecule has 0 aliphatic heterocycles. The molecular formula is C10H9F4NO4. The van der Waals surface area contributed by atoms with Crippen molar-refractivity contribution in [3.63, 3.8) is 0 Å². The van der Waals surface area contributed by atoms with Crippen LogP contribution in [0.4, 0.5) is 17.6 Å². The predicted molar refractivity (Wildman–Crippen MR) is 53.6 cm³/mol. The fourth-order valence-electron chi connectivity index (χ4n) is 1.29. The maximum atomic E-state index is 12.8. The van der Waals surface area contributed by atoms with Crippen molar-refractivity contribution in [2.75, 3.05) is 14.2 Å². The van der Waals surface area contributed by atoms with Gasteiger partial charge in [0.25, 0.3) is 0 Å². The number of alkyl halides is 4. The maximum absolute atomic E-state index is 12.8. The van der Waals surface area contributed by atoms with E-state index in [4.69, 9.17) is 0 Å². The lowest BCUT2D eigenvalue weighted by molar-refractivity contribution is -0.276. The van der Waals surface area contributed by atoms with Crippen LogP contribution in [0.25, 0.3) is 0 Å². The average Bonchev–Trinajstić information content (AvgIpc) is 2.34. The number of methoxy groups -OCH3 is 2. The number of pyridine rings is 1. The lowest BCUT2D eigenvalue weighted by Gasteiger charge is -2.13. The van der Waals surface area contributed by atoms with Gasteiger partial charge in [-0.2, -0.15) is 4.98 Å². The summed E-state index contributed by atoms with van der Waals surface area (Å²) in [5.74, 6) is -2.42. The van der Waals surface area contributed by atoms with Gasteiger partial charge < -0.3 is 14.2 Å². The summed E-state index contributed by atoms with van der Waals surface area (Å²) in [4.78, 5) is 14.7. The Morgan fingerprint density at radius 3 is 2.42 bits per heavy atom. The van der Waals surface area contributed by atoms with Gasteiger partial charge in [-0.05, 0) is 0 Å².